The van der Waals surface area contributed by atoms with Crippen LogP contribution in [0.2, 0.25) is 0 Å². The minimum absolute atomic E-state index is 0.0717. The van der Waals surface area contributed by atoms with Gasteiger partial charge in [0.1, 0.15) is 5.75 Å². The Morgan fingerprint density at radius 1 is 0.844 bits per heavy atom. The van der Waals surface area contributed by atoms with Gasteiger partial charge in [-0.25, -0.2) is 0 Å². The van der Waals surface area contributed by atoms with Crippen LogP contribution in [0.25, 0.3) is 0 Å². The van der Waals surface area contributed by atoms with Crippen LogP contribution in [-0.2, 0) is 14.3 Å². The van der Waals surface area contributed by atoms with Crippen molar-refractivity contribution in [2.24, 2.45) is 0 Å². The van der Waals surface area contributed by atoms with E-state index in [-0.39, 0.29) is 18.9 Å². The summed E-state index contributed by atoms with van der Waals surface area (Å²) in [5.74, 6) is -0.707. The molecule has 164 valence electrons. The molecule has 0 aliphatic rings. The second-order valence-corrected chi connectivity index (χ2v) is 6.87. The summed E-state index contributed by atoms with van der Waals surface area (Å²) in [5.41, 5.74) is 1.59. The van der Waals surface area contributed by atoms with Crippen LogP contribution in [0.4, 0.5) is 5.69 Å². The van der Waals surface area contributed by atoms with Gasteiger partial charge < -0.3 is 20.1 Å². The number of amides is 2. The lowest BCUT2D eigenvalue weighted by Gasteiger charge is -2.18. The van der Waals surface area contributed by atoms with Crippen LogP contribution in [0.5, 0.6) is 5.75 Å². The fourth-order valence-corrected chi connectivity index (χ4v) is 2.94. The molecule has 3 aromatic carbocycles. The Balaban J connectivity index is 1.60. The van der Waals surface area contributed by atoms with Gasteiger partial charge in [0.15, 0.2) is 0 Å². The van der Waals surface area contributed by atoms with E-state index in [0.717, 1.165) is 0 Å². The van der Waals surface area contributed by atoms with Gasteiger partial charge in [-0.2, -0.15) is 0 Å². The van der Waals surface area contributed by atoms with Gasteiger partial charge in [0.2, 0.25) is 6.10 Å². The first kappa shape index (κ1) is 22.6. The highest BCUT2D eigenvalue weighted by Gasteiger charge is 2.25. The lowest BCUT2D eigenvalue weighted by atomic mass is 10.1. The molecule has 0 saturated heterocycles. The molecule has 1 unspecified atom stereocenters. The molecule has 32 heavy (non-hydrogen) atoms. The second-order valence-electron chi connectivity index (χ2n) is 6.87. The molecule has 0 aliphatic carbocycles. The third-order valence-electron chi connectivity index (χ3n) is 4.60. The van der Waals surface area contributed by atoms with Crippen molar-refractivity contribution < 1.29 is 23.9 Å². The number of hydrogen-bond donors (Lipinski definition) is 2. The van der Waals surface area contributed by atoms with E-state index in [2.05, 4.69) is 10.6 Å². The summed E-state index contributed by atoms with van der Waals surface area (Å²) in [5, 5.41) is 5.42. The van der Waals surface area contributed by atoms with Crippen molar-refractivity contribution in [2.45, 2.75) is 12.5 Å². The Morgan fingerprint density at radius 3 is 2.09 bits per heavy atom. The van der Waals surface area contributed by atoms with E-state index >= 15 is 0 Å². The topological polar surface area (TPSA) is 93.7 Å². The zero-order valence-corrected chi connectivity index (χ0v) is 17.6. The maximum Gasteiger partial charge on any atom is 0.308 e. The van der Waals surface area contributed by atoms with Crippen LogP contribution >= 0.6 is 0 Å². The van der Waals surface area contributed by atoms with Crippen LogP contribution in [0.3, 0.4) is 0 Å². The number of carbonyl (C=O) groups is 3. The average Bonchev–Trinajstić information content (AvgIpc) is 2.84. The molecule has 0 bridgehead atoms. The number of ether oxygens (including phenoxy) is 2. The molecule has 0 saturated carbocycles. The molecule has 0 radical (unpaired) electrons. The van der Waals surface area contributed by atoms with Crippen LogP contribution in [0.1, 0.15) is 28.4 Å². The van der Waals surface area contributed by atoms with E-state index in [1.807, 2.05) is 12.1 Å². The largest absolute Gasteiger partial charge is 0.497 e. The molecule has 0 fully saturated rings. The van der Waals surface area contributed by atoms with Crippen molar-refractivity contribution in [3.05, 3.63) is 96.1 Å². The van der Waals surface area contributed by atoms with Crippen molar-refractivity contribution >= 4 is 23.5 Å². The molecule has 1 atom stereocenters. The van der Waals surface area contributed by atoms with E-state index in [4.69, 9.17) is 9.47 Å². The monoisotopic (exact) mass is 432 g/mol. The van der Waals surface area contributed by atoms with Crippen molar-refractivity contribution in [3.8, 4) is 5.75 Å². The van der Waals surface area contributed by atoms with Gasteiger partial charge in [0.25, 0.3) is 11.8 Å². The highest BCUT2D eigenvalue weighted by molar-refractivity contribution is 5.96. The number of nitrogens with one attached hydrogen (secondary N) is 2. The summed E-state index contributed by atoms with van der Waals surface area (Å²) < 4.78 is 10.6. The van der Waals surface area contributed by atoms with Gasteiger partial charge in [-0.15, -0.1) is 0 Å². The van der Waals surface area contributed by atoms with Crippen LogP contribution in [0.15, 0.2) is 84.9 Å². The van der Waals surface area contributed by atoms with Crippen LogP contribution < -0.4 is 15.4 Å². The van der Waals surface area contributed by atoms with Crippen molar-refractivity contribution in [2.75, 3.05) is 19.0 Å². The number of anilines is 1. The normalized spacial score (nSPS) is 11.2. The van der Waals surface area contributed by atoms with Crippen LogP contribution in [0, 0.1) is 0 Å². The molecule has 3 aromatic rings. The fraction of sp³-hybridized carbons (Fsp3) is 0.160. The van der Waals surface area contributed by atoms with E-state index in [9.17, 15) is 14.4 Å². The molecule has 0 aliphatic heterocycles. The summed E-state index contributed by atoms with van der Waals surface area (Å²) >= 11 is 0. The number of methoxy groups -OCH3 is 1. The maximum atomic E-state index is 12.9. The Hall–Kier alpha value is -4.13. The summed E-state index contributed by atoms with van der Waals surface area (Å²) in [6, 6.07) is 24.3. The number of rotatable bonds is 9. The zero-order chi connectivity index (χ0) is 22.8. The van der Waals surface area contributed by atoms with Crippen molar-refractivity contribution in [1.82, 2.24) is 5.32 Å². The zero-order valence-electron chi connectivity index (χ0n) is 17.6. The molecular formula is C25H24N2O5. The Morgan fingerprint density at radius 2 is 1.47 bits per heavy atom. The summed E-state index contributed by atoms with van der Waals surface area (Å²) in [7, 11) is 1.56. The van der Waals surface area contributed by atoms with Gasteiger partial charge >= 0.3 is 5.97 Å². The number of esters is 1. The molecule has 0 heterocycles. The lowest BCUT2D eigenvalue weighted by molar-refractivity contribution is -0.154. The first-order chi connectivity index (χ1) is 15.6. The molecule has 2 N–H and O–H groups in total. The first-order valence-electron chi connectivity index (χ1n) is 10.1. The fourth-order valence-electron chi connectivity index (χ4n) is 2.94. The number of carbonyl (C=O) groups excluding carboxylic acids is 3. The minimum atomic E-state index is -1.13. The lowest BCUT2D eigenvalue weighted by Crippen LogP contribution is -2.29. The Bertz CT molecular complexity index is 1040. The standard InChI is InChI=1S/C25H24N2O5/c1-31-21-14-12-20(13-15-21)27-25(30)23(18-8-4-2-5-9-18)32-22(28)16-17-26-24(29)19-10-6-3-7-11-19/h2-15,23H,16-17H2,1H3,(H,26,29)(H,27,30). The molecule has 7 heteroatoms. The number of benzene rings is 3. The Kier molecular flexibility index (Phi) is 7.97. The van der Waals surface area contributed by atoms with Gasteiger partial charge in [-0.05, 0) is 36.4 Å². The van der Waals surface area contributed by atoms with Gasteiger partial charge in [-0.1, -0.05) is 48.5 Å². The van der Waals surface area contributed by atoms with E-state index in [0.29, 0.717) is 22.6 Å². The third-order valence-corrected chi connectivity index (χ3v) is 4.60. The SMILES string of the molecule is COc1ccc(NC(=O)C(OC(=O)CCNC(=O)c2ccccc2)c2ccccc2)cc1. The second kappa shape index (κ2) is 11.3. The highest BCUT2D eigenvalue weighted by atomic mass is 16.5. The van der Waals surface area contributed by atoms with Gasteiger partial charge in [0, 0.05) is 23.4 Å². The maximum absolute atomic E-state index is 12.9. The summed E-state index contributed by atoms with van der Waals surface area (Å²) in [4.78, 5) is 37.4. The van der Waals surface area contributed by atoms with E-state index in [1.165, 1.54) is 0 Å². The summed E-state index contributed by atoms with van der Waals surface area (Å²) in [6.07, 6.45) is -1.20. The van der Waals surface area contributed by atoms with E-state index in [1.54, 1.807) is 79.9 Å². The molecule has 2 amide bonds. The molecule has 0 aromatic heterocycles. The van der Waals surface area contributed by atoms with Crippen molar-refractivity contribution in [1.29, 1.82) is 0 Å². The van der Waals surface area contributed by atoms with Crippen molar-refractivity contribution in [3.63, 3.8) is 0 Å². The van der Waals surface area contributed by atoms with Gasteiger partial charge in [0.05, 0.1) is 13.5 Å². The summed E-state index contributed by atoms with van der Waals surface area (Å²) in [6.45, 7) is 0.0914. The minimum Gasteiger partial charge on any atom is -0.497 e. The first-order valence-corrected chi connectivity index (χ1v) is 10.1. The molecular weight excluding hydrogens is 408 g/mol. The molecule has 0 spiro atoms. The Labute approximate surface area is 186 Å². The van der Waals surface area contributed by atoms with Crippen LogP contribution in [-0.4, -0.2) is 31.4 Å². The van der Waals surface area contributed by atoms with Gasteiger partial charge in [-0.3, -0.25) is 14.4 Å². The number of hydrogen-bond acceptors (Lipinski definition) is 5. The van der Waals surface area contributed by atoms with E-state index < -0.39 is 18.0 Å². The highest BCUT2D eigenvalue weighted by Crippen LogP contribution is 2.22. The third kappa shape index (κ3) is 6.43. The molecule has 3 rings (SSSR count). The predicted molar refractivity (Wildman–Crippen MR) is 120 cm³/mol. The predicted octanol–water partition coefficient (Wildman–Crippen LogP) is 3.74. The molecule has 7 nitrogen and oxygen atoms in total. The smallest absolute Gasteiger partial charge is 0.308 e. The average molecular weight is 432 g/mol. The quantitative estimate of drug-likeness (QED) is 0.503.